The number of nitrogens with two attached hydrogens (primary N) is 1. The molecule has 10 heteroatoms. The first-order chi connectivity index (χ1) is 13.6. The van der Waals surface area contributed by atoms with Gasteiger partial charge in [-0.3, -0.25) is 4.79 Å². The standard InChI is InChI=1S/C19H19F3N2O4S/c20-13-1-3-16(4-2-13)28-18-5-6-24(11-12(18)7-19(23)25)29(26,27)17-9-14(21)8-15(22)10-17/h1-4,8-10,12,18H,5-7,11H2,(H2,23,25)/t12-,18-/m0/s1. The highest BCUT2D eigenvalue weighted by Crippen LogP contribution is 2.29. The van der Waals surface area contributed by atoms with Crippen LogP contribution in [0.3, 0.4) is 0 Å². The highest BCUT2D eigenvalue weighted by molar-refractivity contribution is 7.89. The number of amides is 1. The summed E-state index contributed by atoms with van der Waals surface area (Å²) in [5.41, 5.74) is 5.29. The van der Waals surface area contributed by atoms with Gasteiger partial charge in [0.2, 0.25) is 15.9 Å². The fraction of sp³-hybridized carbons (Fsp3) is 0.316. The molecule has 2 aromatic rings. The van der Waals surface area contributed by atoms with E-state index in [1.54, 1.807) is 0 Å². The second-order valence-corrected chi connectivity index (χ2v) is 8.74. The number of carbonyl (C=O) groups is 1. The van der Waals surface area contributed by atoms with Gasteiger partial charge in [-0.05, 0) is 42.8 Å². The predicted octanol–water partition coefficient (Wildman–Crippen LogP) is 2.44. The van der Waals surface area contributed by atoms with Crippen LogP contribution in [0.25, 0.3) is 0 Å². The van der Waals surface area contributed by atoms with E-state index in [4.69, 9.17) is 10.5 Å². The average molecular weight is 428 g/mol. The third-order valence-electron chi connectivity index (χ3n) is 4.67. The number of hydrogen-bond donors (Lipinski definition) is 1. The lowest BCUT2D eigenvalue weighted by Crippen LogP contribution is -2.48. The van der Waals surface area contributed by atoms with Crippen LogP contribution < -0.4 is 10.5 Å². The number of nitrogens with zero attached hydrogens (tertiary/aromatic N) is 1. The Labute approximate surface area is 166 Å². The monoisotopic (exact) mass is 428 g/mol. The molecule has 0 bridgehead atoms. The van der Waals surface area contributed by atoms with Crippen molar-refractivity contribution in [2.45, 2.75) is 23.8 Å². The number of hydrogen-bond acceptors (Lipinski definition) is 4. The van der Waals surface area contributed by atoms with Gasteiger partial charge in [0, 0.05) is 31.5 Å². The number of rotatable bonds is 6. The largest absolute Gasteiger partial charge is 0.490 e. The second kappa shape index (κ2) is 8.42. The predicted molar refractivity (Wildman–Crippen MR) is 97.9 cm³/mol. The van der Waals surface area contributed by atoms with E-state index in [9.17, 15) is 26.4 Å². The van der Waals surface area contributed by atoms with Crippen molar-refractivity contribution in [1.82, 2.24) is 4.31 Å². The van der Waals surface area contributed by atoms with Crippen LogP contribution in [0.15, 0.2) is 47.4 Å². The van der Waals surface area contributed by atoms with Crippen molar-refractivity contribution >= 4 is 15.9 Å². The molecule has 156 valence electrons. The molecule has 1 aliphatic rings. The maximum atomic E-state index is 13.5. The van der Waals surface area contributed by atoms with Gasteiger partial charge in [-0.2, -0.15) is 4.31 Å². The molecule has 1 aliphatic heterocycles. The molecule has 3 rings (SSSR count). The summed E-state index contributed by atoms with van der Waals surface area (Å²) in [7, 11) is -4.18. The zero-order valence-electron chi connectivity index (χ0n) is 15.2. The maximum Gasteiger partial charge on any atom is 0.243 e. The minimum Gasteiger partial charge on any atom is -0.490 e. The molecule has 1 heterocycles. The first-order valence-electron chi connectivity index (χ1n) is 8.82. The van der Waals surface area contributed by atoms with Crippen LogP contribution in [0.1, 0.15) is 12.8 Å². The summed E-state index contributed by atoms with van der Waals surface area (Å²) in [4.78, 5) is 11.0. The lowest BCUT2D eigenvalue weighted by Gasteiger charge is -2.37. The molecule has 0 saturated carbocycles. The Bertz CT molecular complexity index is 979. The summed E-state index contributed by atoms with van der Waals surface area (Å²) < 4.78 is 72.5. The van der Waals surface area contributed by atoms with Crippen molar-refractivity contribution in [1.29, 1.82) is 0 Å². The zero-order chi connectivity index (χ0) is 21.2. The van der Waals surface area contributed by atoms with Crippen molar-refractivity contribution in [2.75, 3.05) is 13.1 Å². The molecule has 0 aromatic heterocycles. The van der Waals surface area contributed by atoms with E-state index in [1.807, 2.05) is 0 Å². The Balaban J connectivity index is 1.81. The molecule has 0 unspecified atom stereocenters. The minimum absolute atomic E-state index is 0.0155. The molecule has 1 fully saturated rings. The summed E-state index contributed by atoms with van der Waals surface area (Å²) in [6.07, 6.45) is -0.467. The number of sulfonamides is 1. The second-order valence-electron chi connectivity index (χ2n) is 6.80. The fourth-order valence-electron chi connectivity index (χ4n) is 3.32. The summed E-state index contributed by atoms with van der Waals surface area (Å²) in [6.45, 7) is -0.100. The zero-order valence-corrected chi connectivity index (χ0v) is 16.0. The van der Waals surface area contributed by atoms with Crippen molar-refractivity contribution in [2.24, 2.45) is 11.7 Å². The molecule has 29 heavy (non-hydrogen) atoms. The SMILES string of the molecule is NC(=O)C[C@H]1CN(S(=O)(=O)c2cc(F)cc(F)c2)CC[C@@H]1Oc1ccc(F)cc1. The molecule has 1 amide bonds. The highest BCUT2D eigenvalue weighted by Gasteiger charge is 2.37. The Morgan fingerprint density at radius 2 is 1.69 bits per heavy atom. The summed E-state index contributed by atoms with van der Waals surface area (Å²) >= 11 is 0. The minimum atomic E-state index is -4.18. The summed E-state index contributed by atoms with van der Waals surface area (Å²) in [5.74, 6) is -3.31. The van der Waals surface area contributed by atoms with E-state index in [1.165, 1.54) is 24.3 Å². The Morgan fingerprint density at radius 1 is 1.07 bits per heavy atom. The number of halogens is 3. The topological polar surface area (TPSA) is 89.7 Å². The average Bonchev–Trinajstić information content (AvgIpc) is 2.63. The van der Waals surface area contributed by atoms with Gasteiger partial charge in [-0.1, -0.05) is 0 Å². The smallest absolute Gasteiger partial charge is 0.243 e. The number of piperidine rings is 1. The number of primary amides is 1. The third-order valence-corrected chi connectivity index (χ3v) is 6.51. The van der Waals surface area contributed by atoms with Crippen molar-refractivity contribution in [3.05, 3.63) is 59.9 Å². The molecule has 2 aromatic carbocycles. The van der Waals surface area contributed by atoms with Crippen LogP contribution in [0, 0.1) is 23.4 Å². The molecular weight excluding hydrogens is 409 g/mol. The van der Waals surface area contributed by atoms with E-state index in [-0.39, 0.29) is 25.9 Å². The van der Waals surface area contributed by atoms with E-state index < -0.39 is 50.3 Å². The quantitative estimate of drug-likeness (QED) is 0.765. The fourth-order valence-corrected chi connectivity index (χ4v) is 4.87. The summed E-state index contributed by atoms with van der Waals surface area (Å²) in [5, 5.41) is 0. The van der Waals surface area contributed by atoms with Gasteiger partial charge in [0.15, 0.2) is 0 Å². The van der Waals surface area contributed by atoms with Crippen LogP contribution in [0.5, 0.6) is 5.75 Å². The first-order valence-corrected chi connectivity index (χ1v) is 10.3. The van der Waals surface area contributed by atoms with Gasteiger partial charge >= 0.3 is 0 Å². The van der Waals surface area contributed by atoms with Gasteiger partial charge in [0.25, 0.3) is 0 Å². The van der Waals surface area contributed by atoms with Crippen LogP contribution in [0.4, 0.5) is 13.2 Å². The molecule has 6 nitrogen and oxygen atoms in total. The van der Waals surface area contributed by atoms with Gasteiger partial charge in [-0.25, -0.2) is 21.6 Å². The molecule has 2 N–H and O–H groups in total. The highest BCUT2D eigenvalue weighted by atomic mass is 32.2. The van der Waals surface area contributed by atoms with Crippen LogP contribution in [-0.2, 0) is 14.8 Å². The maximum absolute atomic E-state index is 13.5. The Kier molecular flexibility index (Phi) is 6.13. The number of ether oxygens (including phenoxy) is 1. The first kappa shape index (κ1) is 21.1. The van der Waals surface area contributed by atoms with Gasteiger partial charge in [0.1, 0.15) is 29.3 Å². The summed E-state index contributed by atoms with van der Waals surface area (Å²) in [6, 6.07) is 7.35. The lowest BCUT2D eigenvalue weighted by atomic mass is 9.92. The Morgan fingerprint density at radius 3 is 2.28 bits per heavy atom. The van der Waals surface area contributed by atoms with E-state index in [2.05, 4.69) is 0 Å². The molecule has 0 spiro atoms. The van der Waals surface area contributed by atoms with Crippen LogP contribution in [-0.4, -0.2) is 37.8 Å². The normalized spacial score (nSPS) is 20.4. The molecule has 0 radical (unpaired) electrons. The van der Waals surface area contributed by atoms with E-state index >= 15 is 0 Å². The van der Waals surface area contributed by atoms with Crippen molar-refractivity contribution in [3.8, 4) is 5.75 Å². The molecule has 2 atom stereocenters. The van der Waals surface area contributed by atoms with Gasteiger partial charge < -0.3 is 10.5 Å². The van der Waals surface area contributed by atoms with E-state index in [0.717, 1.165) is 16.4 Å². The van der Waals surface area contributed by atoms with Crippen molar-refractivity contribution in [3.63, 3.8) is 0 Å². The molecule has 1 saturated heterocycles. The number of carbonyl (C=O) groups excluding carboxylic acids is 1. The molecule has 0 aliphatic carbocycles. The van der Waals surface area contributed by atoms with Crippen molar-refractivity contribution < 1.29 is 31.1 Å². The van der Waals surface area contributed by atoms with E-state index in [0.29, 0.717) is 11.8 Å². The van der Waals surface area contributed by atoms with Gasteiger partial charge in [0.05, 0.1) is 4.90 Å². The lowest BCUT2D eigenvalue weighted by molar-refractivity contribution is -0.120. The third kappa shape index (κ3) is 5.07. The Hall–Kier alpha value is -2.59. The molecular formula is C19H19F3N2O4S. The number of benzene rings is 2. The van der Waals surface area contributed by atoms with Crippen LogP contribution >= 0.6 is 0 Å². The van der Waals surface area contributed by atoms with Crippen LogP contribution in [0.2, 0.25) is 0 Å². The van der Waals surface area contributed by atoms with Gasteiger partial charge in [-0.15, -0.1) is 0 Å².